The Bertz CT molecular complexity index is 1010. The summed E-state index contributed by atoms with van der Waals surface area (Å²) >= 11 is 0. The lowest BCUT2D eigenvalue weighted by Crippen LogP contribution is -2.09. The van der Waals surface area contributed by atoms with Crippen LogP contribution in [-0.2, 0) is 14.3 Å². The third kappa shape index (κ3) is 4.76. The Morgan fingerprint density at radius 2 is 1.86 bits per heavy atom. The molecule has 0 atom stereocenters. The van der Waals surface area contributed by atoms with Gasteiger partial charge in [-0.1, -0.05) is 24.3 Å². The van der Waals surface area contributed by atoms with E-state index in [0.717, 1.165) is 11.1 Å². The molecule has 0 aliphatic heterocycles. The maximum absolute atomic E-state index is 11.8. The third-order valence-corrected chi connectivity index (χ3v) is 3.91. The lowest BCUT2D eigenvalue weighted by Gasteiger charge is -2.06. The molecule has 1 heterocycles. The molecule has 28 heavy (non-hydrogen) atoms. The summed E-state index contributed by atoms with van der Waals surface area (Å²) in [7, 11) is 1.35. The van der Waals surface area contributed by atoms with Crippen LogP contribution in [0, 0.1) is 0 Å². The number of ether oxygens (including phenoxy) is 3. The topological polar surface area (TPSA) is 90.5 Å². The van der Waals surface area contributed by atoms with E-state index in [4.69, 9.17) is 14.2 Å². The number of benzene rings is 2. The van der Waals surface area contributed by atoms with Crippen LogP contribution in [-0.4, -0.2) is 42.2 Å². The van der Waals surface area contributed by atoms with Crippen LogP contribution in [0.4, 0.5) is 0 Å². The van der Waals surface area contributed by atoms with E-state index in [-0.39, 0.29) is 12.6 Å². The van der Waals surface area contributed by atoms with Crippen molar-refractivity contribution in [1.29, 1.82) is 0 Å². The predicted octanol–water partition coefficient (Wildman–Crippen LogP) is 3.46. The molecule has 0 fully saturated rings. The molecule has 0 aliphatic rings. The van der Waals surface area contributed by atoms with Gasteiger partial charge in [-0.15, -0.1) is 0 Å². The summed E-state index contributed by atoms with van der Waals surface area (Å²) in [4.78, 5) is 30.2. The van der Waals surface area contributed by atoms with Gasteiger partial charge in [0.15, 0.2) is 0 Å². The van der Waals surface area contributed by atoms with Crippen molar-refractivity contribution in [2.45, 2.75) is 6.92 Å². The van der Waals surface area contributed by atoms with Crippen molar-refractivity contribution in [2.75, 3.05) is 20.3 Å². The number of aromatic nitrogens is 2. The highest BCUT2D eigenvalue weighted by Crippen LogP contribution is 2.19. The van der Waals surface area contributed by atoms with Crippen LogP contribution in [0.2, 0.25) is 0 Å². The average Bonchev–Trinajstić information content (AvgIpc) is 3.13. The number of rotatable bonds is 7. The number of esters is 2. The first-order valence-electron chi connectivity index (χ1n) is 8.68. The van der Waals surface area contributed by atoms with Crippen LogP contribution in [0.1, 0.15) is 28.7 Å². The van der Waals surface area contributed by atoms with E-state index in [0.29, 0.717) is 29.3 Å². The van der Waals surface area contributed by atoms with E-state index >= 15 is 0 Å². The van der Waals surface area contributed by atoms with Crippen molar-refractivity contribution in [3.63, 3.8) is 0 Å². The molecule has 0 amide bonds. The molecule has 3 rings (SSSR count). The highest BCUT2D eigenvalue weighted by molar-refractivity contribution is 6.02. The zero-order valence-electron chi connectivity index (χ0n) is 15.6. The molecule has 2 aromatic carbocycles. The molecular weight excluding hydrogens is 360 g/mol. The highest BCUT2D eigenvalue weighted by Gasteiger charge is 2.12. The van der Waals surface area contributed by atoms with Crippen molar-refractivity contribution < 1.29 is 23.8 Å². The van der Waals surface area contributed by atoms with Gasteiger partial charge in [0.2, 0.25) is 0 Å². The second-order valence-electron chi connectivity index (χ2n) is 5.91. The molecule has 0 unspecified atom stereocenters. The number of hydrogen-bond donors (Lipinski definition) is 1. The number of aromatic amines is 1. The van der Waals surface area contributed by atoms with Crippen LogP contribution < -0.4 is 4.74 Å². The Balaban J connectivity index is 1.66. The molecule has 7 nitrogen and oxygen atoms in total. The van der Waals surface area contributed by atoms with Crippen LogP contribution in [0.3, 0.4) is 0 Å². The third-order valence-electron chi connectivity index (χ3n) is 3.91. The quantitative estimate of drug-likeness (QED) is 0.499. The molecule has 1 N–H and O–H groups in total. The van der Waals surface area contributed by atoms with Gasteiger partial charge in [0.05, 0.1) is 18.2 Å². The molecule has 7 heteroatoms. The minimum absolute atomic E-state index is 0.219. The van der Waals surface area contributed by atoms with Crippen LogP contribution in [0.25, 0.3) is 23.2 Å². The summed E-state index contributed by atoms with van der Waals surface area (Å²) < 4.78 is 15.1. The van der Waals surface area contributed by atoms with E-state index in [1.54, 1.807) is 12.1 Å². The van der Waals surface area contributed by atoms with Crippen molar-refractivity contribution in [1.82, 2.24) is 9.97 Å². The zero-order chi connectivity index (χ0) is 19.9. The smallest absolute Gasteiger partial charge is 0.340 e. The van der Waals surface area contributed by atoms with Crippen molar-refractivity contribution >= 4 is 35.1 Å². The van der Waals surface area contributed by atoms with Crippen LogP contribution >= 0.6 is 0 Å². The maximum Gasteiger partial charge on any atom is 0.340 e. The number of nitrogens with one attached hydrogen (secondary N) is 1. The Labute approximate surface area is 161 Å². The van der Waals surface area contributed by atoms with Crippen molar-refractivity contribution in [3.05, 3.63) is 59.4 Å². The predicted molar refractivity (Wildman–Crippen MR) is 105 cm³/mol. The number of hydrogen-bond acceptors (Lipinski definition) is 6. The second-order valence-corrected chi connectivity index (χ2v) is 5.91. The molecule has 3 aromatic rings. The summed E-state index contributed by atoms with van der Waals surface area (Å²) in [5.41, 5.74) is 2.72. The lowest BCUT2D eigenvalue weighted by atomic mass is 10.2. The number of methoxy groups -OCH3 is 1. The van der Waals surface area contributed by atoms with Gasteiger partial charge in [-0.05, 0) is 35.9 Å². The summed E-state index contributed by atoms with van der Waals surface area (Å²) in [5.74, 6) is 0.578. The fourth-order valence-electron chi connectivity index (χ4n) is 2.60. The average molecular weight is 380 g/mol. The minimum Gasteiger partial charge on any atom is -0.490 e. The fraction of sp³-hybridized carbons (Fsp3) is 0.190. The number of fused-ring (bicyclic) bond motifs is 1. The van der Waals surface area contributed by atoms with E-state index in [1.165, 1.54) is 14.0 Å². The van der Waals surface area contributed by atoms with E-state index in [2.05, 4.69) is 9.97 Å². The second kappa shape index (κ2) is 8.85. The molecule has 0 saturated heterocycles. The standard InChI is InChI=1S/C21H20N2O5/c1-14(24)27-12-13-28-16-9-6-15(7-10-16)8-11-19-22-18-5-3-4-17(20(18)23-19)21(25)26-2/h3-11H,12-13H2,1-2H3,(H,22,23). The largest absolute Gasteiger partial charge is 0.490 e. The summed E-state index contributed by atoms with van der Waals surface area (Å²) in [6.45, 7) is 1.88. The molecule has 144 valence electrons. The van der Waals surface area contributed by atoms with Gasteiger partial charge < -0.3 is 19.2 Å². The Morgan fingerprint density at radius 3 is 2.57 bits per heavy atom. The number of carbonyl (C=O) groups is 2. The number of nitrogens with zero attached hydrogens (tertiary/aromatic N) is 1. The molecule has 1 aromatic heterocycles. The molecule has 0 radical (unpaired) electrons. The lowest BCUT2D eigenvalue weighted by molar-refractivity contribution is -0.141. The monoisotopic (exact) mass is 380 g/mol. The zero-order valence-corrected chi connectivity index (χ0v) is 15.6. The van der Waals surface area contributed by atoms with Crippen LogP contribution in [0.5, 0.6) is 5.75 Å². The van der Waals surface area contributed by atoms with Gasteiger partial charge in [0.1, 0.15) is 30.3 Å². The molecule has 0 saturated carbocycles. The first-order chi connectivity index (χ1) is 13.6. The maximum atomic E-state index is 11.8. The van der Waals surface area contributed by atoms with Gasteiger partial charge in [-0.2, -0.15) is 0 Å². The fourth-order valence-corrected chi connectivity index (χ4v) is 2.60. The van der Waals surface area contributed by atoms with E-state index in [1.807, 2.05) is 42.5 Å². The first kappa shape index (κ1) is 19.2. The Kier molecular flexibility index (Phi) is 6.06. The van der Waals surface area contributed by atoms with Gasteiger partial charge in [-0.3, -0.25) is 4.79 Å². The first-order valence-corrected chi connectivity index (χ1v) is 8.68. The number of carbonyl (C=O) groups excluding carboxylic acids is 2. The Hall–Kier alpha value is -3.61. The summed E-state index contributed by atoms with van der Waals surface area (Å²) in [6.07, 6.45) is 3.73. The molecular formula is C21H20N2O5. The molecule has 0 aliphatic carbocycles. The summed E-state index contributed by atoms with van der Waals surface area (Å²) in [5, 5.41) is 0. The number of imidazole rings is 1. The van der Waals surface area contributed by atoms with E-state index in [9.17, 15) is 9.59 Å². The van der Waals surface area contributed by atoms with Gasteiger partial charge in [0, 0.05) is 6.92 Å². The number of H-pyrrole nitrogens is 1. The SMILES string of the molecule is COC(=O)c1cccc2[nH]c(C=Cc3ccc(OCCOC(C)=O)cc3)nc12. The highest BCUT2D eigenvalue weighted by atomic mass is 16.6. The molecule has 0 bridgehead atoms. The van der Waals surface area contributed by atoms with Gasteiger partial charge >= 0.3 is 11.9 Å². The van der Waals surface area contributed by atoms with Gasteiger partial charge in [-0.25, -0.2) is 9.78 Å². The van der Waals surface area contributed by atoms with E-state index < -0.39 is 5.97 Å². The van der Waals surface area contributed by atoms with Crippen molar-refractivity contribution in [2.24, 2.45) is 0 Å². The Morgan fingerprint density at radius 1 is 1.07 bits per heavy atom. The van der Waals surface area contributed by atoms with Gasteiger partial charge in [0.25, 0.3) is 0 Å². The normalized spacial score (nSPS) is 10.9. The number of para-hydroxylation sites is 1. The van der Waals surface area contributed by atoms with Crippen molar-refractivity contribution in [3.8, 4) is 5.75 Å². The summed E-state index contributed by atoms with van der Waals surface area (Å²) in [6, 6.07) is 12.8. The van der Waals surface area contributed by atoms with Crippen LogP contribution in [0.15, 0.2) is 42.5 Å². The minimum atomic E-state index is -0.420. The molecule has 0 spiro atoms.